The molecule has 0 bridgehead atoms. The molecule has 3 rings (SSSR count). The lowest BCUT2D eigenvalue weighted by Crippen LogP contribution is -2.16. The van der Waals surface area contributed by atoms with E-state index in [1.165, 1.54) is 18.4 Å². The summed E-state index contributed by atoms with van der Waals surface area (Å²) >= 11 is 5.89. The van der Waals surface area contributed by atoms with E-state index >= 15 is 0 Å². The lowest BCUT2D eigenvalue weighted by Gasteiger charge is -2.20. The van der Waals surface area contributed by atoms with Crippen molar-refractivity contribution in [2.75, 3.05) is 0 Å². The smallest absolute Gasteiger partial charge is 0.137 e. The monoisotopic (exact) mass is 261 g/mol. The maximum atomic E-state index is 5.89. The molecular weight excluding hydrogens is 246 g/mol. The van der Waals surface area contributed by atoms with Crippen LogP contribution in [0.1, 0.15) is 42.9 Å². The SMILES string of the molecule is CC1CCCn2c(Cc3ccc(Cl)cc3)nnc21. The predicted molar refractivity (Wildman–Crippen MR) is 71.9 cm³/mol. The van der Waals surface area contributed by atoms with Crippen LogP contribution in [0.2, 0.25) is 5.02 Å². The van der Waals surface area contributed by atoms with Gasteiger partial charge >= 0.3 is 0 Å². The van der Waals surface area contributed by atoms with Crippen LogP contribution in [-0.4, -0.2) is 14.8 Å². The van der Waals surface area contributed by atoms with E-state index < -0.39 is 0 Å². The zero-order valence-electron chi connectivity index (χ0n) is 10.4. The van der Waals surface area contributed by atoms with Gasteiger partial charge in [0, 0.05) is 23.9 Å². The molecule has 0 saturated heterocycles. The Morgan fingerprint density at radius 3 is 2.83 bits per heavy atom. The van der Waals surface area contributed by atoms with Crippen molar-refractivity contribution in [1.82, 2.24) is 14.8 Å². The van der Waals surface area contributed by atoms with Gasteiger partial charge in [-0.05, 0) is 30.5 Å². The van der Waals surface area contributed by atoms with Gasteiger partial charge in [0.1, 0.15) is 11.6 Å². The largest absolute Gasteiger partial charge is 0.314 e. The van der Waals surface area contributed by atoms with Crippen LogP contribution in [0, 0.1) is 0 Å². The lowest BCUT2D eigenvalue weighted by atomic mass is 10.0. The fourth-order valence-corrected chi connectivity index (χ4v) is 2.68. The first-order valence-electron chi connectivity index (χ1n) is 6.40. The zero-order chi connectivity index (χ0) is 12.5. The minimum absolute atomic E-state index is 0.533. The minimum Gasteiger partial charge on any atom is -0.314 e. The molecule has 1 aromatic carbocycles. The van der Waals surface area contributed by atoms with Gasteiger partial charge in [0.2, 0.25) is 0 Å². The van der Waals surface area contributed by atoms with Crippen LogP contribution in [0.25, 0.3) is 0 Å². The number of hydrogen-bond acceptors (Lipinski definition) is 2. The molecule has 0 aliphatic carbocycles. The fraction of sp³-hybridized carbons (Fsp3) is 0.429. The minimum atomic E-state index is 0.533. The summed E-state index contributed by atoms with van der Waals surface area (Å²) in [6.07, 6.45) is 3.27. The molecule has 1 aliphatic rings. The number of fused-ring (bicyclic) bond motifs is 1. The number of benzene rings is 1. The van der Waals surface area contributed by atoms with Gasteiger partial charge in [0.05, 0.1) is 0 Å². The second-order valence-electron chi connectivity index (χ2n) is 4.97. The standard InChI is InChI=1S/C14H16ClN3/c1-10-3-2-8-18-13(16-17-14(10)18)9-11-4-6-12(15)7-5-11/h4-7,10H,2-3,8-9H2,1H3. The number of halogens is 1. The molecule has 0 N–H and O–H groups in total. The Kier molecular flexibility index (Phi) is 3.08. The van der Waals surface area contributed by atoms with Crippen LogP contribution >= 0.6 is 11.6 Å². The molecule has 0 amide bonds. The predicted octanol–water partition coefficient (Wildman–Crippen LogP) is 3.42. The Morgan fingerprint density at radius 1 is 1.28 bits per heavy atom. The lowest BCUT2D eigenvalue weighted by molar-refractivity contribution is 0.456. The molecule has 0 fully saturated rings. The maximum absolute atomic E-state index is 5.89. The van der Waals surface area contributed by atoms with Gasteiger partial charge in [-0.3, -0.25) is 0 Å². The third-order valence-electron chi connectivity index (χ3n) is 3.59. The highest BCUT2D eigenvalue weighted by Gasteiger charge is 2.21. The van der Waals surface area contributed by atoms with Crippen molar-refractivity contribution in [3.8, 4) is 0 Å². The van der Waals surface area contributed by atoms with Gasteiger partial charge in [-0.15, -0.1) is 10.2 Å². The van der Waals surface area contributed by atoms with Gasteiger partial charge in [-0.25, -0.2) is 0 Å². The normalized spacial score (nSPS) is 18.7. The molecule has 4 heteroatoms. The van der Waals surface area contributed by atoms with Crippen molar-refractivity contribution in [1.29, 1.82) is 0 Å². The Morgan fingerprint density at radius 2 is 2.06 bits per heavy atom. The molecule has 1 atom stereocenters. The van der Waals surface area contributed by atoms with E-state index in [4.69, 9.17) is 11.6 Å². The molecule has 94 valence electrons. The van der Waals surface area contributed by atoms with Crippen molar-refractivity contribution in [3.05, 3.63) is 46.5 Å². The molecule has 1 unspecified atom stereocenters. The van der Waals surface area contributed by atoms with Gasteiger partial charge in [-0.2, -0.15) is 0 Å². The molecule has 1 aromatic heterocycles. The van der Waals surface area contributed by atoms with Crippen LogP contribution in [0.3, 0.4) is 0 Å². The molecule has 0 radical (unpaired) electrons. The van der Waals surface area contributed by atoms with Crippen molar-refractivity contribution in [3.63, 3.8) is 0 Å². The van der Waals surface area contributed by atoms with Crippen LogP contribution in [0.5, 0.6) is 0 Å². The second kappa shape index (κ2) is 4.73. The summed E-state index contributed by atoms with van der Waals surface area (Å²) in [5, 5.41) is 9.46. The second-order valence-corrected chi connectivity index (χ2v) is 5.41. The van der Waals surface area contributed by atoms with Crippen molar-refractivity contribution < 1.29 is 0 Å². The van der Waals surface area contributed by atoms with Crippen molar-refractivity contribution in [2.24, 2.45) is 0 Å². The molecule has 3 nitrogen and oxygen atoms in total. The van der Waals surface area contributed by atoms with E-state index in [1.807, 2.05) is 12.1 Å². The Balaban J connectivity index is 1.87. The first kappa shape index (κ1) is 11.7. The Labute approximate surface area is 112 Å². The van der Waals surface area contributed by atoms with E-state index in [0.717, 1.165) is 29.6 Å². The maximum Gasteiger partial charge on any atom is 0.137 e. The zero-order valence-corrected chi connectivity index (χ0v) is 11.2. The molecular formula is C14H16ClN3. The summed E-state index contributed by atoms with van der Waals surface area (Å²) in [5.41, 5.74) is 1.23. The van der Waals surface area contributed by atoms with Crippen LogP contribution in [0.15, 0.2) is 24.3 Å². The molecule has 0 spiro atoms. The quantitative estimate of drug-likeness (QED) is 0.829. The van der Waals surface area contributed by atoms with Gasteiger partial charge in [-0.1, -0.05) is 30.7 Å². The highest BCUT2D eigenvalue weighted by Crippen LogP contribution is 2.26. The Hall–Kier alpha value is -1.35. The van der Waals surface area contributed by atoms with Gasteiger partial charge < -0.3 is 4.57 Å². The first-order valence-corrected chi connectivity index (χ1v) is 6.78. The van der Waals surface area contributed by atoms with E-state index in [0.29, 0.717) is 5.92 Å². The highest BCUT2D eigenvalue weighted by atomic mass is 35.5. The summed E-state index contributed by atoms with van der Waals surface area (Å²) in [5.74, 6) is 2.74. The third-order valence-corrected chi connectivity index (χ3v) is 3.84. The number of nitrogens with zero attached hydrogens (tertiary/aromatic N) is 3. The molecule has 18 heavy (non-hydrogen) atoms. The number of rotatable bonds is 2. The van der Waals surface area contributed by atoms with Gasteiger partial charge in [0.15, 0.2) is 0 Å². The Bertz CT molecular complexity index is 545. The first-order chi connectivity index (χ1) is 8.74. The van der Waals surface area contributed by atoms with E-state index in [-0.39, 0.29) is 0 Å². The van der Waals surface area contributed by atoms with E-state index in [9.17, 15) is 0 Å². The van der Waals surface area contributed by atoms with Crippen LogP contribution < -0.4 is 0 Å². The van der Waals surface area contributed by atoms with E-state index in [1.54, 1.807) is 0 Å². The molecule has 1 aliphatic heterocycles. The van der Waals surface area contributed by atoms with Gasteiger partial charge in [0.25, 0.3) is 0 Å². The van der Waals surface area contributed by atoms with Crippen molar-refractivity contribution >= 4 is 11.6 Å². The van der Waals surface area contributed by atoms with Crippen LogP contribution in [0.4, 0.5) is 0 Å². The number of hydrogen-bond donors (Lipinski definition) is 0. The third kappa shape index (κ3) is 2.15. The van der Waals surface area contributed by atoms with Crippen LogP contribution in [-0.2, 0) is 13.0 Å². The topological polar surface area (TPSA) is 30.7 Å². The summed E-state index contributed by atoms with van der Waals surface area (Å²) in [6, 6.07) is 7.95. The summed E-state index contributed by atoms with van der Waals surface area (Å²) in [6.45, 7) is 3.28. The number of aromatic nitrogens is 3. The average molecular weight is 262 g/mol. The summed E-state index contributed by atoms with van der Waals surface area (Å²) in [4.78, 5) is 0. The fourth-order valence-electron chi connectivity index (χ4n) is 2.56. The van der Waals surface area contributed by atoms with Crippen molar-refractivity contribution in [2.45, 2.75) is 38.6 Å². The molecule has 0 saturated carbocycles. The molecule has 2 aromatic rings. The highest BCUT2D eigenvalue weighted by molar-refractivity contribution is 6.30. The summed E-state index contributed by atoms with van der Waals surface area (Å²) in [7, 11) is 0. The van der Waals surface area contributed by atoms with E-state index in [2.05, 4.69) is 33.8 Å². The summed E-state index contributed by atoms with van der Waals surface area (Å²) < 4.78 is 2.28. The molecule has 2 heterocycles. The average Bonchev–Trinajstić information content (AvgIpc) is 2.77.